The molecule has 1 amide bonds. The molecule has 3 aliphatic rings. The number of rotatable bonds is 10. The summed E-state index contributed by atoms with van der Waals surface area (Å²) in [5.74, 6) is -1.32. The third-order valence-corrected chi connectivity index (χ3v) is 9.05. The topological polar surface area (TPSA) is 226 Å². The first-order valence-electron chi connectivity index (χ1n) is 15.8. The first kappa shape index (κ1) is 35.9. The van der Waals surface area contributed by atoms with Crippen LogP contribution >= 0.6 is 0 Å². The van der Waals surface area contributed by atoms with E-state index in [1.165, 1.54) is 0 Å². The molecule has 3 heterocycles. The van der Waals surface area contributed by atoms with Crippen LogP contribution in [0.3, 0.4) is 0 Å². The zero-order chi connectivity index (χ0) is 34.0. The predicted molar refractivity (Wildman–Crippen MR) is 162 cm³/mol. The van der Waals surface area contributed by atoms with Gasteiger partial charge >= 0.3 is 0 Å². The van der Waals surface area contributed by atoms with Crippen molar-refractivity contribution in [3.05, 3.63) is 48.0 Å². The lowest BCUT2D eigenvalue weighted by Crippen LogP contribution is -2.69. The van der Waals surface area contributed by atoms with Crippen molar-refractivity contribution < 1.29 is 69.0 Å². The van der Waals surface area contributed by atoms with E-state index in [1.807, 2.05) is 24.3 Å². The van der Waals surface area contributed by atoms with Gasteiger partial charge in [0.2, 0.25) is 0 Å². The molecular weight excluding hydrogens is 622 g/mol. The molecule has 2 aromatic carbocycles. The van der Waals surface area contributed by atoms with E-state index in [0.717, 1.165) is 10.8 Å². The Bertz CT molecular complexity index is 1330. The van der Waals surface area contributed by atoms with Gasteiger partial charge in [-0.1, -0.05) is 37.3 Å². The summed E-state index contributed by atoms with van der Waals surface area (Å²) in [5.41, 5.74) is 0.294. The molecule has 15 nitrogen and oxygen atoms in total. The van der Waals surface area contributed by atoms with E-state index in [9.17, 15) is 40.5 Å². The third kappa shape index (κ3) is 7.47. The van der Waals surface area contributed by atoms with Gasteiger partial charge in [0, 0.05) is 18.1 Å². The van der Waals surface area contributed by atoms with Crippen LogP contribution < -0.4 is 5.32 Å². The lowest BCUT2D eigenvalue weighted by Gasteiger charge is -2.50. The zero-order valence-corrected chi connectivity index (χ0v) is 26.3. The van der Waals surface area contributed by atoms with Crippen molar-refractivity contribution in [1.29, 1.82) is 0 Å². The monoisotopic (exact) mass is 667 g/mol. The van der Waals surface area contributed by atoms with Gasteiger partial charge in [-0.15, -0.1) is 0 Å². The summed E-state index contributed by atoms with van der Waals surface area (Å²) in [6, 6.07) is 11.4. The Morgan fingerprint density at radius 2 is 1.40 bits per heavy atom. The Kier molecular flexibility index (Phi) is 11.8. The molecule has 0 radical (unpaired) electrons. The highest BCUT2D eigenvalue weighted by Gasteiger charge is 2.54. The second kappa shape index (κ2) is 15.5. The SMILES string of the molecule is CCO[C@@H]1O[C@H](CO)[C@@H](O[C@@H]2O[C@@H](C)[C@@H](O)[C@@H](O)[C@@H]2C)[C@H](O[C@@H]2O[C@H](CO)[C@H](O)[C@H](O)[C@H]2O)[C@H]1NC(=O)c1ccc2ccccc2c1. The minimum Gasteiger partial charge on any atom is -0.394 e. The zero-order valence-electron chi connectivity index (χ0n) is 26.3. The minimum absolute atomic E-state index is 0.119. The van der Waals surface area contributed by atoms with Gasteiger partial charge < -0.3 is 69.5 Å². The highest BCUT2D eigenvalue weighted by atomic mass is 16.8. The van der Waals surface area contributed by atoms with Gasteiger partial charge in [0.25, 0.3) is 5.91 Å². The maximum Gasteiger partial charge on any atom is 0.251 e. The van der Waals surface area contributed by atoms with E-state index >= 15 is 0 Å². The molecule has 15 atom stereocenters. The largest absolute Gasteiger partial charge is 0.394 e. The third-order valence-electron chi connectivity index (χ3n) is 9.05. The maximum absolute atomic E-state index is 13.8. The summed E-state index contributed by atoms with van der Waals surface area (Å²) in [5, 5.41) is 77.6. The van der Waals surface area contributed by atoms with Gasteiger partial charge in [0.15, 0.2) is 18.9 Å². The number of amides is 1. The highest BCUT2D eigenvalue weighted by Crippen LogP contribution is 2.35. The lowest BCUT2D eigenvalue weighted by atomic mass is 9.91. The molecule has 47 heavy (non-hydrogen) atoms. The van der Waals surface area contributed by atoms with Gasteiger partial charge in [-0.25, -0.2) is 0 Å². The van der Waals surface area contributed by atoms with Crippen LogP contribution in [0, 0.1) is 5.92 Å². The molecular formula is C32H45NO14. The summed E-state index contributed by atoms with van der Waals surface area (Å²) < 4.78 is 36.0. The molecule has 3 aliphatic heterocycles. The number of aliphatic hydroxyl groups is 7. The number of aliphatic hydroxyl groups excluding tert-OH is 7. The lowest BCUT2D eigenvalue weighted by molar-refractivity contribution is -0.368. The molecule has 0 bridgehead atoms. The molecule has 262 valence electrons. The molecule has 8 N–H and O–H groups in total. The molecule has 15 heteroatoms. The number of hydrogen-bond acceptors (Lipinski definition) is 14. The van der Waals surface area contributed by atoms with Crippen LogP contribution in [0.5, 0.6) is 0 Å². The van der Waals surface area contributed by atoms with Gasteiger partial charge in [0.1, 0.15) is 54.9 Å². The van der Waals surface area contributed by atoms with Crippen LogP contribution in [0.15, 0.2) is 42.5 Å². The van der Waals surface area contributed by atoms with Crippen LogP contribution in [-0.2, 0) is 28.4 Å². The van der Waals surface area contributed by atoms with Crippen molar-refractivity contribution in [2.75, 3.05) is 19.8 Å². The van der Waals surface area contributed by atoms with Crippen molar-refractivity contribution in [3.63, 3.8) is 0 Å². The number of fused-ring (bicyclic) bond motifs is 1. The van der Waals surface area contributed by atoms with E-state index < -0.39 is 111 Å². The Morgan fingerprint density at radius 3 is 2.09 bits per heavy atom. The number of carbonyl (C=O) groups excluding carboxylic acids is 1. The maximum atomic E-state index is 13.8. The quantitative estimate of drug-likeness (QED) is 0.142. The van der Waals surface area contributed by atoms with E-state index in [0.29, 0.717) is 5.56 Å². The fourth-order valence-electron chi connectivity index (χ4n) is 6.21. The van der Waals surface area contributed by atoms with Crippen LogP contribution in [0.2, 0.25) is 0 Å². The van der Waals surface area contributed by atoms with Crippen molar-refractivity contribution in [2.24, 2.45) is 5.92 Å². The van der Waals surface area contributed by atoms with Gasteiger partial charge in [-0.2, -0.15) is 0 Å². The molecule has 3 saturated heterocycles. The molecule has 2 aromatic rings. The van der Waals surface area contributed by atoms with E-state index in [1.54, 1.807) is 39.0 Å². The average molecular weight is 668 g/mol. The van der Waals surface area contributed by atoms with Gasteiger partial charge in [-0.3, -0.25) is 4.79 Å². The first-order chi connectivity index (χ1) is 22.5. The standard InChI is InChI=1S/C32H45NO14/c1-4-42-31-21(33-29(41)18-10-9-16-7-5-6-8-17(16)11-18)28(47-32-26(40)25(39)24(38)19(12-34)44-32)27(20(13-35)45-31)46-30-14(2)22(36)23(37)15(3)43-30/h5-11,14-15,19-28,30-32,34-40H,4,12-13H2,1-3H3,(H,33,41)/t14-,15-,19+,20+,21+,22-,23+,24-,25-,26+,27+,28+,30-,31+,32-/m0/s1. The first-order valence-corrected chi connectivity index (χ1v) is 15.8. The molecule has 0 saturated carbocycles. The summed E-state index contributed by atoms with van der Waals surface area (Å²) >= 11 is 0. The highest BCUT2D eigenvalue weighted by molar-refractivity contribution is 5.98. The van der Waals surface area contributed by atoms with Crippen molar-refractivity contribution in [3.8, 4) is 0 Å². The molecule has 0 unspecified atom stereocenters. The van der Waals surface area contributed by atoms with Crippen LogP contribution in [0.4, 0.5) is 0 Å². The second-order valence-corrected chi connectivity index (χ2v) is 12.2. The van der Waals surface area contributed by atoms with Crippen LogP contribution in [0.1, 0.15) is 31.1 Å². The summed E-state index contributed by atoms with van der Waals surface area (Å²) in [6.07, 6.45) is -17.7. The minimum atomic E-state index is -1.81. The Hall–Kier alpha value is -2.35. The number of nitrogens with one attached hydrogen (secondary N) is 1. The van der Waals surface area contributed by atoms with Crippen molar-refractivity contribution >= 4 is 16.7 Å². The Balaban J connectivity index is 1.52. The van der Waals surface area contributed by atoms with E-state index in [4.69, 9.17) is 28.4 Å². The van der Waals surface area contributed by atoms with E-state index in [-0.39, 0.29) is 6.61 Å². The smallest absolute Gasteiger partial charge is 0.251 e. The number of benzene rings is 2. The Labute approximate surface area is 271 Å². The normalized spacial score (nSPS) is 41.1. The summed E-state index contributed by atoms with van der Waals surface area (Å²) in [4.78, 5) is 13.8. The molecule has 0 spiro atoms. The van der Waals surface area contributed by atoms with Gasteiger partial charge in [0.05, 0.1) is 25.4 Å². The molecule has 3 fully saturated rings. The van der Waals surface area contributed by atoms with Gasteiger partial charge in [-0.05, 0) is 36.8 Å². The van der Waals surface area contributed by atoms with Crippen LogP contribution in [0.25, 0.3) is 10.8 Å². The fourth-order valence-corrected chi connectivity index (χ4v) is 6.21. The van der Waals surface area contributed by atoms with Crippen molar-refractivity contribution in [2.45, 2.75) is 107 Å². The molecule has 5 rings (SSSR count). The fraction of sp³-hybridized carbons (Fsp3) is 0.656. The second-order valence-electron chi connectivity index (χ2n) is 12.2. The summed E-state index contributed by atoms with van der Waals surface area (Å²) in [6.45, 7) is 3.62. The number of hydrogen-bond donors (Lipinski definition) is 8. The number of carbonyl (C=O) groups is 1. The Morgan fingerprint density at radius 1 is 0.745 bits per heavy atom. The average Bonchev–Trinajstić information content (AvgIpc) is 3.08. The summed E-state index contributed by atoms with van der Waals surface area (Å²) in [7, 11) is 0. The molecule has 0 aromatic heterocycles. The molecule has 0 aliphatic carbocycles. The van der Waals surface area contributed by atoms with E-state index in [2.05, 4.69) is 5.32 Å². The van der Waals surface area contributed by atoms with Crippen molar-refractivity contribution in [1.82, 2.24) is 5.32 Å². The predicted octanol–water partition coefficient (Wildman–Crippen LogP) is -1.64. The number of ether oxygens (including phenoxy) is 6. The van der Waals surface area contributed by atoms with Crippen LogP contribution in [-0.4, -0.2) is 147 Å².